The minimum Gasteiger partial charge on any atom is -0.481 e. The molecule has 3 N–H and O–H groups in total. The first-order valence-corrected chi connectivity index (χ1v) is 6.26. The molecule has 0 heterocycles. The highest BCUT2D eigenvalue weighted by atomic mass is 16.4. The molecule has 19 heavy (non-hydrogen) atoms. The number of carboxylic acids is 1. The van der Waals surface area contributed by atoms with Crippen molar-refractivity contribution in [3.63, 3.8) is 0 Å². The van der Waals surface area contributed by atoms with Crippen LogP contribution in [0.5, 0.6) is 0 Å². The van der Waals surface area contributed by atoms with Gasteiger partial charge < -0.3 is 15.3 Å². The fraction of sp³-hybridized carbons (Fsp3) is 0.400. The second-order valence-corrected chi connectivity index (χ2v) is 4.10. The summed E-state index contributed by atoms with van der Waals surface area (Å²) >= 11 is 0. The third-order valence-electron chi connectivity index (χ3n) is 2.30. The van der Waals surface area contributed by atoms with Crippen molar-refractivity contribution in [1.82, 2.24) is 0 Å². The van der Waals surface area contributed by atoms with Gasteiger partial charge in [-0.1, -0.05) is 42.5 Å². The Bertz CT molecular complexity index is 342. The van der Waals surface area contributed by atoms with Gasteiger partial charge in [0, 0.05) is 6.42 Å². The quantitative estimate of drug-likeness (QED) is 0.418. The number of allylic oxidation sites excluding steroid dienone is 4. The molecule has 0 aliphatic heterocycles. The number of aliphatic hydroxyl groups is 2. The van der Waals surface area contributed by atoms with E-state index in [1.165, 1.54) is 0 Å². The Morgan fingerprint density at radius 2 is 1.63 bits per heavy atom. The van der Waals surface area contributed by atoms with E-state index in [9.17, 15) is 15.0 Å². The standard InChI is InChI=1S/C15H22O4/c1-2-8-13(16)9-5-3-4-6-10-14(17)11-7-12-15(18)19/h2-6,9-10,13-14,16-17H,1,7-8,11-12H2,(H,18,19). The van der Waals surface area contributed by atoms with Gasteiger partial charge in [-0.05, 0) is 19.3 Å². The average molecular weight is 266 g/mol. The van der Waals surface area contributed by atoms with Crippen LogP contribution in [0.3, 0.4) is 0 Å². The molecule has 0 aliphatic rings. The second-order valence-electron chi connectivity index (χ2n) is 4.10. The van der Waals surface area contributed by atoms with E-state index in [-0.39, 0.29) is 6.42 Å². The molecular formula is C15H22O4. The first kappa shape index (κ1) is 17.4. The summed E-state index contributed by atoms with van der Waals surface area (Å²) in [5.41, 5.74) is 0. The van der Waals surface area contributed by atoms with Crippen molar-refractivity contribution in [2.75, 3.05) is 0 Å². The molecule has 0 saturated carbocycles. The number of aliphatic hydroxyl groups excluding tert-OH is 2. The number of aliphatic carboxylic acids is 1. The van der Waals surface area contributed by atoms with Crippen LogP contribution >= 0.6 is 0 Å². The Kier molecular flexibility index (Phi) is 10.4. The summed E-state index contributed by atoms with van der Waals surface area (Å²) < 4.78 is 0. The lowest BCUT2D eigenvalue weighted by Gasteiger charge is -2.02. The van der Waals surface area contributed by atoms with Crippen molar-refractivity contribution in [3.05, 3.63) is 49.1 Å². The summed E-state index contributed by atoms with van der Waals surface area (Å²) in [6.07, 6.45) is 12.1. The summed E-state index contributed by atoms with van der Waals surface area (Å²) in [7, 11) is 0. The lowest BCUT2D eigenvalue weighted by atomic mass is 10.1. The zero-order valence-electron chi connectivity index (χ0n) is 11.0. The van der Waals surface area contributed by atoms with Gasteiger partial charge in [0.25, 0.3) is 0 Å². The highest BCUT2D eigenvalue weighted by Gasteiger charge is 2.01. The van der Waals surface area contributed by atoms with Crippen molar-refractivity contribution >= 4 is 5.97 Å². The lowest BCUT2D eigenvalue weighted by molar-refractivity contribution is -0.137. The van der Waals surface area contributed by atoms with E-state index in [4.69, 9.17) is 5.11 Å². The molecular weight excluding hydrogens is 244 g/mol. The van der Waals surface area contributed by atoms with Crippen molar-refractivity contribution in [2.45, 2.75) is 37.9 Å². The zero-order valence-corrected chi connectivity index (χ0v) is 11.0. The predicted octanol–water partition coefficient (Wildman–Crippen LogP) is 2.21. The molecule has 4 heteroatoms. The molecule has 4 nitrogen and oxygen atoms in total. The van der Waals surface area contributed by atoms with Crippen molar-refractivity contribution in [2.24, 2.45) is 0 Å². The Morgan fingerprint density at radius 1 is 1.05 bits per heavy atom. The summed E-state index contributed by atoms with van der Waals surface area (Å²) in [6.45, 7) is 3.53. The number of hydrogen-bond acceptors (Lipinski definition) is 3. The average Bonchev–Trinajstić information content (AvgIpc) is 2.33. The predicted molar refractivity (Wildman–Crippen MR) is 75.7 cm³/mol. The van der Waals surface area contributed by atoms with Gasteiger partial charge in [0.05, 0.1) is 12.2 Å². The molecule has 0 amide bonds. The van der Waals surface area contributed by atoms with Crippen LogP contribution in [0.4, 0.5) is 0 Å². The first-order chi connectivity index (χ1) is 9.06. The van der Waals surface area contributed by atoms with Crippen molar-refractivity contribution < 1.29 is 20.1 Å². The van der Waals surface area contributed by atoms with Crippen LogP contribution in [0.15, 0.2) is 49.1 Å². The molecule has 0 rings (SSSR count). The van der Waals surface area contributed by atoms with E-state index in [0.717, 1.165) is 0 Å². The van der Waals surface area contributed by atoms with E-state index in [2.05, 4.69) is 6.58 Å². The molecule has 0 saturated heterocycles. The maximum Gasteiger partial charge on any atom is 0.303 e. The van der Waals surface area contributed by atoms with Gasteiger partial charge in [0.15, 0.2) is 0 Å². The summed E-state index contributed by atoms with van der Waals surface area (Å²) in [5, 5.41) is 27.3. The van der Waals surface area contributed by atoms with E-state index >= 15 is 0 Å². The van der Waals surface area contributed by atoms with Gasteiger partial charge in [0.2, 0.25) is 0 Å². The van der Waals surface area contributed by atoms with Crippen LogP contribution in [0, 0.1) is 0 Å². The van der Waals surface area contributed by atoms with Gasteiger partial charge in [-0.15, -0.1) is 6.58 Å². The monoisotopic (exact) mass is 266 g/mol. The summed E-state index contributed by atoms with van der Waals surface area (Å²) in [6, 6.07) is 0. The highest BCUT2D eigenvalue weighted by Crippen LogP contribution is 2.02. The SMILES string of the molecule is C=CCC(O)C=CC=CC=CC(O)CCCC(=O)O. The number of carbonyl (C=O) groups is 1. The molecule has 0 fully saturated rings. The van der Waals surface area contributed by atoms with Gasteiger partial charge in [-0.3, -0.25) is 4.79 Å². The molecule has 2 unspecified atom stereocenters. The Balaban J connectivity index is 3.81. The Morgan fingerprint density at radius 3 is 2.16 bits per heavy atom. The van der Waals surface area contributed by atoms with Crippen molar-refractivity contribution in [3.8, 4) is 0 Å². The van der Waals surface area contributed by atoms with Gasteiger partial charge in [0.1, 0.15) is 0 Å². The molecule has 0 radical (unpaired) electrons. The van der Waals surface area contributed by atoms with Gasteiger partial charge >= 0.3 is 5.97 Å². The minimum absolute atomic E-state index is 0.0741. The number of hydrogen-bond donors (Lipinski definition) is 3. The van der Waals surface area contributed by atoms with Crippen LogP contribution in [0.2, 0.25) is 0 Å². The third-order valence-corrected chi connectivity index (χ3v) is 2.30. The zero-order chi connectivity index (χ0) is 14.5. The Labute approximate surface area is 114 Å². The largest absolute Gasteiger partial charge is 0.481 e. The van der Waals surface area contributed by atoms with Crippen LogP contribution in [-0.4, -0.2) is 33.5 Å². The molecule has 0 aromatic carbocycles. The second kappa shape index (κ2) is 11.4. The fourth-order valence-electron chi connectivity index (χ4n) is 1.32. The van der Waals surface area contributed by atoms with Crippen LogP contribution in [-0.2, 0) is 4.79 Å². The maximum absolute atomic E-state index is 10.3. The first-order valence-electron chi connectivity index (χ1n) is 6.26. The number of rotatable bonds is 10. The smallest absolute Gasteiger partial charge is 0.303 e. The van der Waals surface area contributed by atoms with Gasteiger partial charge in [-0.2, -0.15) is 0 Å². The van der Waals surface area contributed by atoms with E-state index in [1.54, 1.807) is 42.5 Å². The molecule has 0 aromatic rings. The molecule has 0 aliphatic carbocycles. The molecule has 0 spiro atoms. The van der Waals surface area contributed by atoms with Gasteiger partial charge in [-0.25, -0.2) is 0 Å². The maximum atomic E-state index is 10.3. The third kappa shape index (κ3) is 12.6. The van der Waals surface area contributed by atoms with Crippen LogP contribution in [0.25, 0.3) is 0 Å². The molecule has 2 atom stereocenters. The highest BCUT2D eigenvalue weighted by molar-refractivity contribution is 5.66. The van der Waals surface area contributed by atoms with E-state index < -0.39 is 18.2 Å². The molecule has 0 bridgehead atoms. The normalized spacial score (nSPS) is 15.3. The molecule has 106 valence electrons. The van der Waals surface area contributed by atoms with Crippen molar-refractivity contribution in [1.29, 1.82) is 0 Å². The topological polar surface area (TPSA) is 77.8 Å². The molecule has 0 aromatic heterocycles. The Hall–Kier alpha value is -1.65. The minimum atomic E-state index is -0.848. The number of carboxylic acid groups (broad SMARTS) is 1. The van der Waals surface area contributed by atoms with Crippen LogP contribution in [0.1, 0.15) is 25.7 Å². The van der Waals surface area contributed by atoms with E-state index in [1.807, 2.05) is 0 Å². The van der Waals surface area contributed by atoms with E-state index in [0.29, 0.717) is 19.3 Å². The summed E-state index contributed by atoms with van der Waals surface area (Å²) in [5.74, 6) is -0.848. The lowest BCUT2D eigenvalue weighted by Crippen LogP contribution is -2.03. The fourth-order valence-corrected chi connectivity index (χ4v) is 1.32. The van der Waals surface area contributed by atoms with Crippen LogP contribution < -0.4 is 0 Å². The summed E-state index contributed by atoms with van der Waals surface area (Å²) in [4.78, 5) is 10.3.